The Bertz CT molecular complexity index is 418. The van der Waals surface area contributed by atoms with Gasteiger partial charge in [-0.3, -0.25) is 4.68 Å². The summed E-state index contributed by atoms with van der Waals surface area (Å²) in [5.74, 6) is 0. The minimum atomic E-state index is 0.518. The monoisotopic (exact) mass is 208 g/mol. The lowest BCUT2D eigenvalue weighted by atomic mass is 10.4. The van der Waals surface area contributed by atoms with Crippen LogP contribution in [0, 0.1) is 6.92 Å². The highest BCUT2D eigenvalue weighted by Gasteiger charge is 2.03. The van der Waals surface area contributed by atoms with Crippen LogP contribution >= 0.6 is 11.3 Å². The Labute approximate surface area is 86.4 Å². The maximum atomic E-state index is 5.58. The topological polar surface area (TPSA) is 56.7 Å². The number of aryl methyl sites for hydroxylation is 1. The lowest BCUT2D eigenvalue weighted by Gasteiger charge is -2.02. The molecule has 0 saturated heterocycles. The van der Waals surface area contributed by atoms with Gasteiger partial charge in [0, 0.05) is 23.8 Å². The fraction of sp³-hybridized carbons (Fsp3) is 0.333. The van der Waals surface area contributed by atoms with Crippen molar-refractivity contribution in [2.45, 2.75) is 20.0 Å². The lowest BCUT2D eigenvalue weighted by molar-refractivity contribution is 0.642. The molecule has 2 rings (SSSR count). The van der Waals surface area contributed by atoms with E-state index in [-0.39, 0.29) is 0 Å². The smallest absolute Gasteiger partial charge is 0.114 e. The second-order valence-corrected chi connectivity index (χ2v) is 4.01. The summed E-state index contributed by atoms with van der Waals surface area (Å²) in [6.45, 7) is 3.23. The molecular formula is C9H12N4S. The van der Waals surface area contributed by atoms with E-state index in [1.54, 1.807) is 17.5 Å². The number of thiazole rings is 1. The highest BCUT2D eigenvalue weighted by atomic mass is 32.1. The molecule has 0 fully saturated rings. The van der Waals surface area contributed by atoms with Gasteiger partial charge in [0.2, 0.25) is 0 Å². The van der Waals surface area contributed by atoms with Crippen molar-refractivity contribution < 1.29 is 0 Å². The second kappa shape index (κ2) is 3.89. The maximum Gasteiger partial charge on any atom is 0.114 e. The first-order chi connectivity index (χ1) is 6.79. The van der Waals surface area contributed by atoms with Gasteiger partial charge in [0.1, 0.15) is 5.01 Å². The molecule has 0 saturated carbocycles. The van der Waals surface area contributed by atoms with Gasteiger partial charge in [-0.05, 0) is 13.0 Å². The van der Waals surface area contributed by atoms with E-state index < -0.39 is 0 Å². The van der Waals surface area contributed by atoms with Crippen LogP contribution in [-0.4, -0.2) is 14.8 Å². The van der Waals surface area contributed by atoms with Crippen LogP contribution in [0.15, 0.2) is 17.6 Å². The van der Waals surface area contributed by atoms with E-state index in [2.05, 4.69) is 10.1 Å². The van der Waals surface area contributed by atoms with Crippen molar-refractivity contribution in [1.82, 2.24) is 14.8 Å². The predicted molar refractivity (Wildman–Crippen MR) is 56.1 cm³/mol. The number of hydrogen-bond acceptors (Lipinski definition) is 4. The molecule has 0 radical (unpaired) electrons. The van der Waals surface area contributed by atoms with E-state index in [0.717, 1.165) is 22.9 Å². The molecular weight excluding hydrogens is 196 g/mol. The van der Waals surface area contributed by atoms with E-state index >= 15 is 0 Å². The summed E-state index contributed by atoms with van der Waals surface area (Å²) in [7, 11) is 0. The van der Waals surface area contributed by atoms with Gasteiger partial charge >= 0.3 is 0 Å². The van der Waals surface area contributed by atoms with Crippen LogP contribution in [-0.2, 0) is 13.1 Å². The summed E-state index contributed by atoms with van der Waals surface area (Å²) in [4.78, 5) is 4.38. The molecule has 2 aromatic rings. The van der Waals surface area contributed by atoms with Gasteiger partial charge in [0.15, 0.2) is 0 Å². The van der Waals surface area contributed by atoms with Crippen LogP contribution in [0.2, 0.25) is 0 Å². The normalized spacial score (nSPS) is 10.7. The first kappa shape index (κ1) is 9.36. The van der Waals surface area contributed by atoms with Crippen molar-refractivity contribution in [1.29, 1.82) is 0 Å². The fourth-order valence-electron chi connectivity index (χ4n) is 1.28. The van der Waals surface area contributed by atoms with Gasteiger partial charge in [-0.2, -0.15) is 5.10 Å². The molecule has 0 aliphatic heterocycles. The van der Waals surface area contributed by atoms with Gasteiger partial charge < -0.3 is 5.73 Å². The van der Waals surface area contributed by atoms with Gasteiger partial charge in [-0.15, -0.1) is 11.3 Å². The lowest BCUT2D eigenvalue weighted by Crippen LogP contribution is -2.09. The zero-order chi connectivity index (χ0) is 9.97. The van der Waals surface area contributed by atoms with Crippen molar-refractivity contribution in [2.75, 3.05) is 0 Å². The summed E-state index contributed by atoms with van der Waals surface area (Å²) in [6.07, 6.45) is 1.77. The first-order valence-corrected chi connectivity index (χ1v) is 5.29. The van der Waals surface area contributed by atoms with Gasteiger partial charge in [0.25, 0.3) is 0 Å². The standard InChI is InChI=1S/C9H12N4S/c1-7-6-14-9(12-7)5-13-8(4-10)2-3-11-13/h2-3,6H,4-5,10H2,1H3. The highest BCUT2D eigenvalue weighted by molar-refractivity contribution is 7.09. The van der Waals surface area contributed by atoms with Crippen LogP contribution in [0.1, 0.15) is 16.4 Å². The van der Waals surface area contributed by atoms with Crippen LogP contribution < -0.4 is 5.73 Å². The third-order valence-corrected chi connectivity index (χ3v) is 2.92. The number of aromatic nitrogens is 3. The number of rotatable bonds is 3. The fourth-order valence-corrected chi connectivity index (χ4v) is 2.03. The van der Waals surface area contributed by atoms with Crippen LogP contribution in [0.4, 0.5) is 0 Å². The summed E-state index contributed by atoms with van der Waals surface area (Å²) in [5, 5.41) is 7.31. The average molecular weight is 208 g/mol. The first-order valence-electron chi connectivity index (χ1n) is 4.41. The summed E-state index contributed by atoms with van der Waals surface area (Å²) in [6, 6.07) is 1.93. The Hall–Kier alpha value is -1.20. The predicted octanol–water partition coefficient (Wildman–Crippen LogP) is 1.16. The highest BCUT2D eigenvalue weighted by Crippen LogP contribution is 2.11. The number of hydrogen-bond donors (Lipinski definition) is 1. The molecule has 2 heterocycles. The van der Waals surface area contributed by atoms with Crippen molar-refractivity contribution in [3.63, 3.8) is 0 Å². The van der Waals surface area contributed by atoms with E-state index in [1.807, 2.05) is 23.1 Å². The molecule has 0 aliphatic carbocycles. The maximum absolute atomic E-state index is 5.58. The number of nitrogens with two attached hydrogens (primary N) is 1. The second-order valence-electron chi connectivity index (χ2n) is 3.07. The van der Waals surface area contributed by atoms with Crippen LogP contribution in [0.5, 0.6) is 0 Å². The average Bonchev–Trinajstić information content (AvgIpc) is 2.76. The summed E-state index contributed by atoms with van der Waals surface area (Å²) >= 11 is 1.65. The van der Waals surface area contributed by atoms with Crippen molar-refractivity contribution in [3.8, 4) is 0 Å². The van der Waals surface area contributed by atoms with Crippen LogP contribution in [0.25, 0.3) is 0 Å². The van der Waals surface area contributed by atoms with Crippen molar-refractivity contribution in [3.05, 3.63) is 34.0 Å². The van der Waals surface area contributed by atoms with E-state index in [4.69, 9.17) is 5.73 Å². The van der Waals surface area contributed by atoms with E-state index in [1.165, 1.54) is 0 Å². The summed E-state index contributed by atoms with van der Waals surface area (Å²) < 4.78 is 1.89. The third-order valence-electron chi connectivity index (χ3n) is 1.97. The Morgan fingerprint density at radius 3 is 3.07 bits per heavy atom. The Balaban J connectivity index is 2.18. The molecule has 0 bridgehead atoms. The largest absolute Gasteiger partial charge is 0.325 e. The van der Waals surface area contributed by atoms with Gasteiger partial charge in [0.05, 0.1) is 12.2 Å². The Kier molecular flexibility index (Phi) is 2.60. The quantitative estimate of drug-likeness (QED) is 0.823. The molecule has 2 aromatic heterocycles. The molecule has 0 atom stereocenters. The Morgan fingerprint density at radius 2 is 2.43 bits per heavy atom. The molecule has 0 aliphatic rings. The Morgan fingerprint density at radius 1 is 1.57 bits per heavy atom. The zero-order valence-corrected chi connectivity index (χ0v) is 8.79. The zero-order valence-electron chi connectivity index (χ0n) is 7.97. The summed E-state index contributed by atoms with van der Waals surface area (Å²) in [5.41, 5.74) is 7.68. The number of nitrogens with zero attached hydrogens (tertiary/aromatic N) is 3. The molecule has 4 nitrogen and oxygen atoms in total. The molecule has 14 heavy (non-hydrogen) atoms. The van der Waals surface area contributed by atoms with Crippen molar-refractivity contribution in [2.24, 2.45) is 5.73 Å². The van der Waals surface area contributed by atoms with E-state index in [0.29, 0.717) is 6.54 Å². The molecule has 5 heteroatoms. The van der Waals surface area contributed by atoms with Crippen LogP contribution in [0.3, 0.4) is 0 Å². The molecule has 2 N–H and O–H groups in total. The third kappa shape index (κ3) is 1.83. The van der Waals surface area contributed by atoms with Gasteiger partial charge in [-0.25, -0.2) is 4.98 Å². The minimum absolute atomic E-state index is 0.518. The van der Waals surface area contributed by atoms with Crippen molar-refractivity contribution >= 4 is 11.3 Å². The SMILES string of the molecule is Cc1csc(Cn2nccc2CN)n1. The minimum Gasteiger partial charge on any atom is -0.325 e. The molecule has 0 aromatic carbocycles. The van der Waals surface area contributed by atoms with Gasteiger partial charge in [-0.1, -0.05) is 0 Å². The molecule has 0 amide bonds. The molecule has 74 valence electrons. The molecule has 0 spiro atoms. The van der Waals surface area contributed by atoms with E-state index in [9.17, 15) is 0 Å². The molecule has 0 unspecified atom stereocenters.